The number of carbonyl (C=O) groups is 1. The summed E-state index contributed by atoms with van der Waals surface area (Å²) in [5.41, 5.74) is 1.63. The molecule has 144 valence electrons. The molecule has 0 spiro atoms. The molecule has 6 heteroatoms. The topological polar surface area (TPSA) is 66.5 Å². The van der Waals surface area contributed by atoms with Crippen LogP contribution in [0.2, 0.25) is 0 Å². The summed E-state index contributed by atoms with van der Waals surface area (Å²) in [7, 11) is -3.41. The number of benzene rings is 2. The Labute approximate surface area is 161 Å². The lowest BCUT2D eigenvalue weighted by atomic mass is 10.1. The first-order chi connectivity index (χ1) is 13.1. The molecule has 2 aromatic rings. The molecule has 0 atom stereocenters. The standard InChI is InChI=1S/C21H26N2O3S/c24-21(19-8-4-3-5-9-19)22-15-14-18-10-12-20(13-11-18)27(25,26)23-16-6-1-2-7-17-23/h3-5,8-13H,1-2,6-7,14-17H2,(H,22,24). The third kappa shape index (κ3) is 5.17. The summed E-state index contributed by atoms with van der Waals surface area (Å²) in [4.78, 5) is 12.4. The van der Waals surface area contributed by atoms with Crippen molar-refractivity contribution < 1.29 is 13.2 Å². The molecule has 1 aliphatic rings. The molecule has 1 aliphatic heterocycles. The normalized spacial score (nSPS) is 15.9. The van der Waals surface area contributed by atoms with Gasteiger partial charge in [-0.05, 0) is 49.1 Å². The van der Waals surface area contributed by atoms with Crippen LogP contribution in [-0.2, 0) is 16.4 Å². The smallest absolute Gasteiger partial charge is 0.251 e. The molecular weight excluding hydrogens is 360 g/mol. The third-order valence-electron chi connectivity index (χ3n) is 4.86. The van der Waals surface area contributed by atoms with Gasteiger partial charge in [0.15, 0.2) is 0 Å². The van der Waals surface area contributed by atoms with E-state index in [2.05, 4.69) is 5.32 Å². The second-order valence-electron chi connectivity index (χ2n) is 6.83. The van der Waals surface area contributed by atoms with Crippen LogP contribution < -0.4 is 5.32 Å². The molecule has 0 saturated carbocycles. The second-order valence-corrected chi connectivity index (χ2v) is 8.77. The van der Waals surface area contributed by atoms with Gasteiger partial charge in [-0.25, -0.2) is 8.42 Å². The molecule has 0 aliphatic carbocycles. The minimum Gasteiger partial charge on any atom is -0.352 e. The van der Waals surface area contributed by atoms with Crippen molar-refractivity contribution in [2.24, 2.45) is 0 Å². The van der Waals surface area contributed by atoms with E-state index in [1.54, 1.807) is 28.6 Å². The number of nitrogens with one attached hydrogen (secondary N) is 1. The van der Waals surface area contributed by atoms with E-state index >= 15 is 0 Å². The van der Waals surface area contributed by atoms with E-state index in [4.69, 9.17) is 0 Å². The number of nitrogens with zero attached hydrogens (tertiary/aromatic N) is 1. The minimum absolute atomic E-state index is 0.101. The fourth-order valence-corrected chi connectivity index (χ4v) is 4.79. The monoisotopic (exact) mass is 386 g/mol. The Morgan fingerprint density at radius 2 is 1.52 bits per heavy atom. The van der Waals surface area contributed by atoms with E-state index in [-0.39, 0.29) is 5.91 Å². The molecule has 0 radical (unpaired) electrons. The largest absolute Gasteiger partial charge is 0.352 e. The fourth-order valence-electron chi connectivity index (χ4n) is 3.27. The Kier molecular flexibility index (Phi) is 6.63. The predicted molar refractivity (Wildman–Crippen MR) is 106 cm³/mol. The molecule has 1 fully saturated rings. The van der Waals surface area contributed by atoms with Gasteiger partial charge < -0.3 is 5.32 Å². The fraction of sp³-hybridized carbons (Fsp3) is 0.381. The molecule has 2 aromatic carbocycles. The summed E-state index contributed by atoms with van der Waals surface area (Å²) in [6.45, 7) is 1.72. The van der Waals surface area contributed by atoms with Crippen LogP contribution >= 0.6 is 0 Å². The SMILES string of the molecule is O=C(NCCc1ccc(S(=O)(=O)N2CCCCCC2)cc1)c1ccccc1. The number of carbonyl (C=O) groups excluding carboxylic acids is 1. The van der Waals surface area contributed by atoms with Crippen molar-refractivity contribution in [1.82, 2.24) is 9.62 Å². The molecule has 27 heavy (non-hydrogen) atoms. The summed E-state index contributed by atoms with van der Waals surface area (Å²) in [5, 5.41) is 2.89. The lowest BCUT2D eigenvalue weighted by molar-refractivity contribution is 0.0954. The van der Waals surface area contributed by atoms with Gasteiger partial charge in [-0.3, -0.25) is 4.79 Å². The van der Waals surface area contributed by atoms with Crippen LogP contribution in [0.3, 0.4) is 0 Å². The zero-order valence-corrected chi connectivity index (χ0v) is 16.2. The van der Waals surface area contributed by atoms with Gasteiger partial charge in [0.05, 0.1) is 4.90 Å². The maximum absolute atomic E-state index is 12.8. The van der Waals surface area contributed by atoms with Crippen LogP contribution in [0.25, 0.3) is 0 Å². The first-order valence-electron chi connectivity index (χ1n) is 9.50. The van der Waals surface area contributed by atoms with Gasteiger partial charge >= 0.3 is 0 Å². The highest BCUT2D eigenvalue weighted by molar-refractivity contribution is 7.89. The highest BCUT2D eigenvalue weighted by Gasteiger charge is 2.24. The van der Waals surface area contributed by atoms with Crippen LogP contribution in [0.15, 0.2) is 59.5 Å². The summed E-state index contributed by atoms with van der Waals surface area (Å²) < 4.78 is 27.2. The Bertz CT molecular complexity index is 841. The van der Waals surface area contributed by atoms with Crippen LogP contribution in [0, 0.1) is 0 Å². The van der Waals surface area contributed by atoms with Gasteiger partial charge in [0.25, 0.3) is 5.91 Å². The lowest BCUT2D eigenvalue weighted by Crippen LogP contribution is -2.31. The Morgan fingerprint density at radius 3 is 2.15 bits per heavy atom. The first kappa shape index (κ1) is 19.6. The van der Waals surface area contributed by atoms with Crippen LogP contribution in [0.4, 0.5) is 0 Å². The van der Waals surface area contributed by atoms with E-state index in [9.17, 15) is 13.2 Å². The predicted octanol–water partition coefficient (Wildman–Crippen LogP) is 3.22. The van der Waals surface area contributed by atoms with Gasteiger partial charge in [0, 0.05) is 25.2 Å². The summed E-state index contributed by atoms with van der Waals surface area (Å²) in [6.07, 6.45) is 4.71. The van der Waals surface area contributed by atoms with Crippen molar-refractivity contribution in [3.05, 3.63) is 65.7 Å². The van der Waals surface area contributed by atoms with Gasteiger partial charge in [0.1, 0.15) is 0 Å². The molecule has 1 heterocycles. The van der Waals surface area contributed by atoms with Crippen molar-refractivity contribution in [2.75, 3.05) is 19.6 Å². The van der Waals surface area contributed by atoms with Gasteiger partial charge in [0.2, 0.25) is 10.0 Å². The van der Waals surface area contributed by atoms with E-state index in [0.29, 0.717) is 36.5 Å². The van der Waals surface area contributed by atoms with Gasteiger partial charge in [-0.15, -0.1) is 0 Å². The van der Waals surface area contributed by atoms with Crippen LogP contribution in [0.1, 0.15) is 41.6 Å². The third-order valence-corrected chi connectivity index (χ3v) is 6.77. The summed E-state index contributed by atoms with van der Waals surface area (Å²) >= 11 is 0. The molecule has 1 amide bonds. The molecule has 0 aromatic heterocycles. The van der Waals surface area contributed by atoms with E-state index in [1.165, 1.54) is 0 Å². The Morgan fingerprint density at radius 1 is 0.889 bits per heavy atom. The average molecular weight is 387 g/mol. The molecule has 0 unspecified atom stereocenters. The zero-order chi connectivity index (χ0) is 19.1. The van der Waals surface area contributed by atoms with Crippen LogP contribution in [-0.4, -0.2) is 38.3 Å². The molecule has 0 bridgehead atoms. The van der Waals surface area contributed by atoms with Crippen LogP contribution in [0.5, 0.6) is 0 Å². The first-order valence-corrected chi connectivity index (χ1v) is 10.9. The molecule has 1 N–H and O–H groups in total. The highest BCUT2D eigenvalue weighted by atomic mass is 32.2. The number of hydrogen-bond donors (Lipinski definition) is 1. The lowest BCUT2D eigenvalue weighted by Gasteiger charge is -2.20. The van der Waals surface area contributed by atoms with Gasteiger partial charge in [-0.2, -0.15) is 4.31 Å². The van der Waals surface area contributed by atoms with E-state index in [1.807, 2.05) is 30.3 Å². The van der Waals surface area contributed by atoms with Crippen molar-refractivity contribution >= 4 is 15.9 Å². The molecule has 3 rings (SSSR count). The maximum Gasteiger partial charge on any atom is 0.251 e. The van der Waals surface area contributed by atoms with Crippen molar-refractivity contribution in [2.45, 2.75) is 37.0 Å². The molecule has 1 saturated heterocycles. The average Bonchev–Trinajstić information content (AvgIpc) is 2.99. The van der Waals surface area contributed by atoms with Crippen molar-refractivity contribution in [1.29, 1.82) is 0 Å². The zero-order valence-electron chi connectivity index (χ0n) is 15.4. The van der Waals surface area contributed by atoms with E-state index < -0.39 is 10.0 Å². The number of amides is 1. The Balaban J connectivity index is 1.56. The quantitative estimate of drug-likeness (QED) is 0.829. The number of hydrogen-bond acceptors (Lipinski definition) is 3. The molecular formula is C21H26N2O3S. The highest BCUT2D eigenvalue weighted by Crippen LogP contribution is 2.20. The second kappa shape index (κ2) is 9.15. The van der Waals surface area contributed by atoms with Crippen molar-refractivity contribution in [3.63, 3.8) is 0 Å². The van der Waals surface area contributed by atoms with E-state index in [0.717, 1.165) is 31.2 Å². The van der Waals surface area contributed by atoms with Gasteiger partial charge in [-0.1, -0.05) is 43.2 Å². The number of sulfonamides is 1. The summed E-state index contributed by atoms with van der Waals surface area (Å²) in [5.74, 6) is -0.101. The number of rotatable bonds is 6. The summed E-state index contributed by atoms with van der Waals surface area (Å²) in [6, 6.07) is 16.1. The maximum atomic E-state index is 12.8. The minimum atomic E-state index is -3.41. The molecule has 5 nitrogen and oxygen atoms in total. The van der Waals surface area contributed by atoms with Crippen molar-refractivity contribution in [3.8, 4) is 0 Å². The Hall–Kier alpha value is -2.18.